The Morgan fingerprint density at radius 2 is 1.86 bits per heavy atom. The van der Waals surface area contributed by atoms with Crippen molar-refractivity contribution in [1.29, 1.82) is 0 Å². The van der Waals surface area contributed by atoms with E-state index in [2.05, 4.69) is 0 Å². The average molecular weight is 292 g/mol. The zero-order valence-corrected chi connectivity index (χ0v) is 13.6. The monoisotopic (exact) mass is 292 g/mol. The minimum atomic E-state index is -0.481. The Morgan fingerprint density at radius 3 is 2.33 bits per heavy atom. The van der Waals surface area contributed by atoms with Gasteiger partial charge in [-0.3, -0.25) is 4.79 Å². The number of rotatable bonds is 4. The van der Waals surface area contributed by atoms with Gasteiger partial charge < -0.3 is 14.2 Å². The van der Waals surface area contributed by atoms with Crippen LogP contribution in [-0.2, 0) is 4.74 Å². The second-order valence-corrected chi connectivity index (χ2v) is 6.65. The van der Waals surface area contributed by atoms with Gasteiger partial charge in [-0.05, 0) is 46.2 Å². The maximum atomic E-state index is 12.9. The molecule has 1 fully saturated rings. The highest BCUT2D eigenvalue weighted by molar-refractivity contribution is 6.01. The lowest BCUT2D eigenvalue weighted by Gasteiger charge is -2.27. The second-order valence-electron chi connectivity index (χ2n) is 6.65. The van der Waals surface area contributed by atoms with Crippen molar-refractivity contribution in [2.24, 2.45) is 5.92 Å². The molecule has 0 radical (unpaired) electrons. The summed E-state index contributed by atoms with van der Waals surface area (Å²) in [4.78, 5) is 12.9. The highest BCUT2D eigenvalue weighted by Gasteiger charge is 2.49. The predicted molar refractivity (Wildman–Crippen MR) is 81.2 cm³/mol. The van der Waals surface area contributed by atoms with E-state index in [1.165, 1.54) is 0 Å². The molecule has 0 spiro atoms. The molecule has 0 saturated carbocycles. The van der Waals surface area contributed by atoms with Crippen molar-refractivity contribution >= 4 is 5.78 Å². The normalized spacial score (nSPS) is 22.9. The van der Waals surface area contributed by atoms with Gasteiger partial charge in [-0.15, -0.1) is 0 Å². The maximum absolute atomic E-state index is 12.9. The molecule has 2 rings (SSSR count). The molecule has 0 aromatic heterocycles. The Labute approximate surface area is 126 Å². The molecule has 1 aliphatic heterocycles. The van der Waals surface area contributed by atoms with Crippen LogP contribution < -0.4 is 9.47 Å². The number of carbonyl (C=O) groups is 1. The lowest BCUT2D eigenvalue weighted by molar-refractivity contribution is -0.0712. The van der Waals surface area contributed by atoms with Crippen molar-refractivity contribution in [3.05, 3.63) is 23.8 Å². The summed E-state index contributed by atoms with van der Waals surface area (Å²) in [7, 11) is 3.15. The quantitative estimate of drug-likeness (QED) is 0.797. The summed E-state index contributed by atoms with van der Waals surface area (Å²) < 4.78 is 16.5. The van der Waals surface area contributed by atoms with Crippen LogP contribution in [0, 0.1) is 5.92 Å². The smallest absolute Gasteiger partial charge is 0.172 e. The Balaban J connectivity index is 2.36. The third-order valence-electron chi connectivity index (χ3n) is 4.06. The summed E-state index contributed by atoms with van der Waals surface area (Å²) in [5.41, 5.74) is -0.188. The molecule has 1 aliphatic rings. The van der Waals surface area contributed by atoms with Crippen LogP contribution in [0.1, 0.15) is 44.5 Å². The molecule has 1 aromatic rings. The number of ketones is 1. The van der Waals surface area contributed by atoms with Crippen LogP contribution in [0.3, 0.4) is 0 Å². The van der Waals surface area contributed by atoms with Gasteiger partial charge in [0.2, 0.25) is 0 Å². The van der Waals surface area contributed by atoms with Gasteiger partial charge in [0.1, 0.15) is 11.5 Å². The van der Waals surface area contributed by atoms with Crippen LogP contribution in [0.5, 0.6) is 11.5 Å². The summed E-state index contributed by atoms with van der Waals surface area (Å²) in [6, 6.07) is 5.28. The van der Waals surface area contributed by atoms with E-state index >= 15 is 0 Å². The van der Waals surface area contributed by atoms with Crippen molar-refractivity contribution in [1.82, 2.24) is 0 Å². The predicted octanol–water partition coefficient (Wildman–Crippen LogP) is 3.48. The van der Waals surface area contributed by atoms with E-state index < -0.39 is 5.60 Å². The second kappa shape index (κ2) is 5.34. The Morgan fingerprint density at radius 1 is 1.19 bits per heavy atom. The number of hydrogen-bond donors (Lipinski definition) is 0. The van der Waals surface area contributed by atoms with Crippen molar-refractivity contribution in [2.75, 3.05) is 14.2 Å². The van der Waals surface area contributed by atoms with Crippen molar-refractivity contribution in [3.8, 4) is 11.5 Å². The standard InChI is InChI=1S/C17H24O4/c1-16(2)10-13(17(3,4)21-16)15(18)12-8-7-11(19-5)9-14(12)20-6/h7-9,13H,10H2,1-6H3. The molecule has 0 bridgehead atoms. The van der Waals surface area contributed by atoms with E-state index in [0.29, 0.717) is 23.5 Å². The van der Waals surface area contributed by atoms with Gasteiger partial charge in [-0.2, -0.15) is 0 Å². The number of hydrogen-bond acceptors (Lipinski definition) is 4. The first-order chi connectivity index (χ1) is 9.70. The topological polar surface area (TPSA) is 44.8 Å². The van der Waals surface area contributed by atoms with Gasteiger partial charge in [0.15, 0.2) is 5.78 Å². The number of Topliss-reactive ketones (excluding diaryl/α,β-unsaturated/α-hetero) is 1. The fraction of sp³-hybridized carbons (Fsp3) is 0.588. The summed E-state index contributed by atoms with van der Waals surface area (Å²) in [5.74, 6) is 1.09. The minimum Gasteiger partial charge on any atom is -0.497 e. The molecule has 4 heteroatoms. The Bertz CT molecular complexity index is 546. The Kier molecular flexibility index (Phi) is 4.02. The van der Waals surface area contributed by atoms with Crippen LogP contribution in [0.2, 0.25) is 0 Å². The van der Waals surface area contributed by atoms with E-state index in [9.17, 15) is 4.79 Å². The molecular formula is C17H24O4. The van der Waals surface area contributed by atoms with Gasteiger partial charge in [-0.25, -0.2) is 0 Å². The summed E-state index contributed by atoms with van der Waals surface area (Å²) in [6.45, 7) is 7.99. The molecule has 0 N–H and O–H groups in total. The highest BCUT2D eigenvalue weighted by atomic mass is 16.5. The molecule has 1 unspecified atom stereocenters. The lowest BCUT2D eigenvalue weighted by atomic mass is 9.81. The maximum Gasteiger partial charge on any atom is 0.172 e. The number of carbonyl (C=O) groups excluding carboxylic acids is 1. The Hall–Kier alpha value is -1.55. The van der Waals surface area contributed by atoms with Gasteiger partial charge in [0.25, 0.3) is 0 Å². The number of benzene rings is 1. The summed E-state index contributed by atoms with van der Waals surface area (Å²) in [5, 5.41) is 0. The molecular weight excluding hydrogens is 268 g/mol. The van der Waals surface area contributed by atoms with Crippen LogP contribution >= 0.6 is 0 Å². The van der Waals surface area contributed by atoms with Gasteiger partial charge in [0.05, 0.1) is 36.9 Å². The lowest BCUT2D eigenvalue weighted by Crippen LogP contribution is -2.34. The molecule has 1 atom stereocenters. The average Bonchev–Trinajstić information content (AvgIpc) is 2.65. The minimum absolute atomic E-state index is 0.0603. The zero-order valence-electron chi connectivity index (χ0n) is 13.6. The van der Waals surface area contributed by atoms with Gasteiger partial charge in [0, 0.05) is 6.07 Å². The molecule has 116 valence electrons. The fourth-order valence-corrected chi connectivity index (χ4v) is 3.16. The summed E-state index contributed by atoms with van der Waals surface area (Å²) >= 11 is 0. The first kappa shape index (κ1) is 15.8. The number of methoxy groups -OCH3 is 2. The van der Waals surface area contributed by atoms with Crippen LogP contribution in [0.25, 0.3) is 0 Å². The van der Waals surface area contributed by atoms with Crippen molar-refractivity contribution in [3.63, 3.8) is 0 Å². The molecule has 1 aromatic carbocycles. The third kappa shape index (κ3) is 3.05. The SMILES string of the molecule is COc1ccc(C(=O)C2CC(C)(C)OC2(C)C)c(OC)c1. The molecule has 21 heavy (non-hydrogen) atoms. The van der Waals surface area contributed by atoms with Crippen LogP contribution in [0.4, 0.5) is 0 Å². The number of ether oxygens (including phenoxy) is 3. The third-order valence-corrected chi connectivity index (χ3v) is 4.06. The van der Waals surface area contributed by atoms with Crippen LogP contribution in [0.15, 0.2) is 18.2 Å². The molecule has 0 amide bonds. The van der Waals surface area contributed by atoms with Crippen molar-refractivity contribution in [2.45, 2.75) is 45.3 Å². The largest absolute Gasteiger partial charge is 0.497 e. The van der Waals surface area contributed by atoms with E-state index in [1.807, 2.05) is 27.7 Å². The van der Waals surface area contributed by atoms with Gasteiger partial charge in [-0.1, -0.05) is 0 Å². The molecule has 1 heterocycles. The highest BCUT2D eigenvalue weighted by Crippen LogP contribution is 2.44. The van der Waals surface area contributed by atoms with E-state index in [4.69, 9.17) is 14.2 Å². The first-order valence-electron chi connectivity index (χ1n) is 7.16. The molecule has 0 aliphatic carbocycles. The molecule has 1 saturated heterocycles. The first-order valence-corrected chi connectivity index (χ1v) is 7.16. The summed E-state index contributed by atoms with van der Waals surface area (Å²) in [6.07, 6.45) is 0.702. The van der Waals surface area contributed by atoms with Crippen molar-refractivity contribution < 1.29 is 19.0 Å². The molecule has 4 nitrogen and oxygen atoms in total. The van der Waals surface area contributed by atoms with E-state index in [0.717, 1.165) is 0 Å². The van der Waals surface area contributed by atoms with Crippen LogP contribution in [-0.4, -0.2) is 31.2 Å². The van der Waals surface area contributed by atoms with E-state index in [1.54, 1.807) is 32.4 Å². The van der Waals surface area contributed by atoms with E-state index in [-0.39, 0.29) is 17.3 Å². The van der Waals surface area contributed by atoms with Gasteiger partial charge >= 0.3 is 0 Å². The zero-order chi connectivity index (χ0) is 15.8. The fourth-order valence-electron chi connectivity index (χ4n) is 3.16.